The number of ether oxygens (including phenoxy) is 2. The maximum atomic E-state index is 13.3. The van der Waals surface area contributed by atoms with E-state index in [9.17, 15) is 4.39 Å². The maximum Gasteiger partial charge on any atom is 0.214 e. The first kappa shape index (κ1) is 21.2. The van der Waals surface area contributed by atoms with Crippen LogP contribution in [-0.2, 0) is 6.54 Å². The monoisotopic (exact) mass is 426 g/mol. The van der Waals surface area contributed by atoms with Gasteiger partial charge in [-0.05, 0) is 59.0 Å². The van der Waals surface area contributed by atoms with Gasteiger partial charge in [-0.2, -0.15) is 0 Å². The summed E-state index contributed by atoms with van der Waals surface area (Å²) in [5.74, 6) is 2.74. The second-order valence-corrected chi connectivity index (χ2v) is 8.20. The van der Waals surface area contributed by atoms with Crippen LogP contribution in [0, 0.1) is 11.7 Å². The Morgan fingerprint density at radius 1 is 1.10 bits per heavy atom. The molecule has 0 unspecified atom stereocenters. The van der Waals surface area contributed by atoms with E-state index in [0.29, 0.717) is 6.54 Å². The van der Waals surface area contributed by atoms with Gasteiger partial charge in [0.1, 0.15) is 17.3 Å². The van der Waals surface area contributed by atoms with E-state index < -0.39 is 0 Å². The van der Waals surface area contributed by atoms with Gasteiger partial charge in [0, 0.05) is 6.07 Å². The molecule has 2 aromatic carbocycles. The van der Waals surface area contributed by atoms with Crippen molar-refractivity contribution < 1.29 is 18.8 Å². The Bertz CT molecular complexity index is 999. The largest absolute Gasteiger partial charge is 0.497 e. The summed E-state index contributed by atoms with van der Waals surface area (Å²) < 4.78 is 26.3. The number of halogens is 1. The molecular weight excluding hydrogens is 397 g/mol. The van der Waals surface area contributed by atoms with E-state index >= 15 is 0 Å². The molecule has 0 saturated carbocycles. The van der Waals surface area contributed by atoms with Crippen LogP contribution in [0.4, 0.5) is 4.39 Å². The van der Waals surface area contributed by atoms with Gasteiger partial charge < -0.3 is 14.4 Å². The predicted octanol–water partition coefficient (Wildman–Crippen LogP) is 2.28. The molecule has 1 fully saturated rings. The van der Waals surface area contributed by atoms with Crippen LogP contribution in [0.1, 0.15) is 42.8 Å². The molecule has 4 rings (SSSR count). The topological polar surface area (TPSA) is 66.5 Å². The Labute approximate surface area is 181 Å². The number of piperidine rings is 1. The summed E-state index contributed by atoms with van der Waals surface area (Å²) in [6.07, 6.45) is 2.31. The number of hydrogen-bond acceptors (Lipinski definition) is 5. The van der Waals surface area contributed by atoms with Crippen molar-refractivity contribution in [3.05, 3.63) is 65.2 Å². The lowest BCUT2D eigenvalue weighted by molar-refractivity contribution is -0.932. The van der Waals surface area contributed by atoms with Crippen LogP contribution in [0.5, 0.6) is 11.5 Å². The highest BCUT2D eigenvalue weighted by Crippen LogP contribution is 2.31. The van der Waals surface area contributed by atoms with Crippen molar-refractivity contribution in [3.63, 3.8) is 0 Å². The van der Waals surface area contributed by atoms with Crippen molar-refractivity contribution in [1.82, 2.24) is 20.2 Å². The van der Waals surface area contributed by atoms with Gasteiger partial charge in [-0.1, -0.05) is 19.1 Å². The number of methoxy groups -OCH3 is 2. The van der Waals surface area contributed by atoms with E-state index in [0.717, 1.165) is 60.3 Å². The number of benzene rings is 2. The number of rotatable bonds is 7. The Morgan fingerprint density at radius 2 is 1.84 bits per heavy atom. The fraction of sp³-hybridized carbons (Fsp3) is 0.435. The summed E-state index contributed by atoms with van der Waals surface area (Å²) in [5.41, 5.74) is 1.97. The van der Waals surface area contributed by atoms with E-state index in [-0.39, 0.29) is 11.9 Å². The zero-order chi connectivity index (χ0) is 21.8. The van der Waals surface area contributed by atoms with Gasteiger partial charge in [-0.15, -0.1) is 5.10 Å². The van der Waals surface area contributed by atoms with Crippen LogP contribution in [0.2, 0.25) is 0 Å². The fourth-order valence-electron chi connectivity index (χ4n) is 4.31. The second kappa shape index (κ2) is 9.43. The Balaban J connectivity index is 1.74. The molecule has 0 spiro atoms. The molecule has 1 atom stereocenters. The van der Waals surface area contributed by atoms with Crippen LogP contribution in [-0.4, -0.2) is 47.5 Å². The van der Waals surface area contributed by atoms with Gasteiger partial charge in [0.25, 0.3) is 0 Å². The molecule has 0 bridgehead atoms. The number of nitrogens with one attached hydrogen (secondary N) is 1. The van der Waals surface area contributed by atoms with E-state index in [1.165, 1.54) is 17.0 Å². The highest BCUT2D eigenvalue weighted by atomic mass is 19.1. The highest BCUT2D eigenvalue weighted by molar-refractivity contribution is 5.43. The molecule has 0 radical (unpaired) electrons. The standard InChI is InChI=1S/C23H28FN5O2/c1-16-10-12-28(13-11-16)22(20-9-8-19(30-2)14-21(20)31-3)23-25-26-27-29(23)15-17-4-6-18(24)7-5-17/h4-9,14,16,22H,10-13,15H2,1-3H3/p+1/t22-/m0/s1. The van der Waals surface area contributed by atoms with Gasteiger partial charge in [0.05, 0.1) is 39.4 Å². The number of aromatic nitrogens is 4. The summed E-state index contributed by atoms with van der Waals surface area (Å²) in [6.45, 7) is 4.84. The van der Waals surface area contributed by atoms with Crippen LogP contribution in [0.25, 0.3) is 0 Å². The molecular formula is C23H29FN5O2+. The maximum absolute atomic E-state index is 13.3. The van der Waals surface area contributed by atoms with E-state index in [4.69, 9.17) is 9.47 Å². The number of tetrazole rings is 1. The lowest BCUT2D eigenvalue weighted by atomic mass is 9.95. The molecule has 1 aliphatic heterocycles. The number of quaternary nitrogens is 1. The molecule has 0 aliphatic carbocycles. The van der Waals surface area contributed by atoms with Gasteiger partial charge in [0.2, 0.25) is 5.82 Å². The third-order valence-corrected chi connectivity index (χ3v) is 6.14. The molecule has 164 valence electrons. The summed E-state index contributed by atoms with van der Waals surface area (Å²) in [4.78, 5) is 1.41. The minimum absolute atomic E-state index is 0.0798. The van der Waals surface area contributed by atoms with E-state index in [2.05, 4.69) is 22.4 Å². The lowest BCUT2D eigenvalue weighted by Crippen LogP contribution is -3.13. The van der Waals surface area contributed by atoms with Crippen molar-refractivity contribution in [1.29, 1.82) is 0 Å². The van der Waals surface area contributed by atoms with Crippen LogP contribution in [0.3, 0.4) is 0 Å². The molecule has 1 aliphatic rings. The molecule has 0 amide bonds. The summed E-state index contributed by atoms with van der Waals surface area (Å²) in [5, 5.41) is 12.7. The van der Waals surface area contributed by atoms with Crippen LogP contribution in [0.15, 0.2) is 42.5 Å². The van der Waals surface area contributed by atoms with Crippen molar-refractivity contribution in [2.45, 2.75) is 32.4 Å². The van der Waals surface area contributed by atoms with Gasteiger partial charge in [0.15, 0.2) is 6.04 Å². The average molecular weight is 427 g/mol. The summed E-state index contributed by atoms with van der Waals surface area (Å²) >= 11 is 0. The average Bonchev–Trinajstić information content (AvgIpc) is 3.24. The normalized spacial score (nSPS) is 19.7. The third kappa shape index (κ3) is 4.69. The first-order valence-corrected chi connectivity index (χ1v) is 10.7. The zero-order valence-corrected chi connectivity index (χ0v) is 18.2. The highest BCUT2D eigenvalue weighted by Gasteiger charge is 2.36. The minimum atomic E-state index is -0.256. The lowest BCUT2D eigenvalue weighted by Gasteiger charge is -2.33. The second-order valence-electron chi connectivity index (χ2n) is 8.20. The number of hydrogen-bond donors (Lipinski definition) is 1. The van der Waals surface area contributed by atoms with Gasteiger partial charge >= 0.3 is 0 Å². The smallest absolute Gasteiger partial charge is 0.214 e. The summed E-state index contributed by atoms with van der Waals surface area (Å²) in [7, 11) is 3.32. The fourth-order valence-corrected chi connectivity index (χ4v) is 4.31. The summed E-state index contributed by atoms with van der Waals surface area (Å²) in [6, 6.07) is 12.3. The first-order chi connectivity index (χ1) is 15.1. The third-order valence-electron chi connectivity index (χ3n) is 6.14. The zero-order valence-electron chi connectivity index (χ0n) is 18.2. The number of nitrogens with zero attached hydrogens (tertiary/aromatic N) is 4. The molecule has 7 nitrogen and oxygen atoms in total. The van der Waals surface area contributed by atoms with Crippen LogP contribution < -0.4 is 14.4 Å². The molecule has 31 heavy (non-hydrogen) atoms. The molecule has 1 saturated heterocycles. The molecule has 8 heteroatoms. The SMILES string of the molecule is COc1ccc([C@@H](c2nnnn2Cc2ccc(F)cc2)[NH+]2CCC(C)CC2)c(OC)c1. The predicted molar refractivity (Wildman–Crippen MR) is 114 cm³/mol. The molecule has 1 aromatic heterocycles. The molecule has 2 heterocycles. The molecule has 3 aromatic rings. The van der Waals surface area contributed by atoms with Gasteiger partial charge in [-0.3, -0.25) is 0 Å². The van der Waals surface area contributed by atoms with E-state index in [1.54, 1.807) is 26.4 Å². The van der Waals surface area contributed by atoms with Crippen LogP contribution >= 0.6 is 0 Å². The Morgan fingerprint density at radius 3 is 2.52 bits per heavy atom. The minimum Gasteiger partial charge on any atom is -0.497 e. The van der Waals surface area contributed by atoms with Crippen molar-refractivity contribution in [2.24, 2.45) is 5.92 Å². The Kier molecular flexibility index (Phi) is 6.46. The molecule has 1 N–H and O–H groups in total. The van der Waals surface area contributed by atoms with Crippen molar-refractivity contribution >= 4 is 0 Å². The number of likely N-dealkylation sites (tertiary alicyclic amines) is 1. The van der Waals surface area contributed by atoms with E-state index in [1.807, 2.05) is 22.9 Å². The quantitative estimate of drug-likeness (QED) is 0.628. The van der Waals surface area contributed by atoms with Crippen molar-refractivity contribution in [3.8, 4) is 11.5 Å². The Hall–Kier alpha value is -3.00. The van der Waals surface area contributed by atoms with Gasteiger partial charge in [-0.25, -0.2) is 9.07 Å². The van der Waals surface area contributed by atoms with Crippen molar-refractivity contribution in [2.75, 3.05) is 27.3 Å². The first-order valence-electron chi connectivity index (χ1n) is 10.7.